The molecule has 0 bridgehead atoms. The van der Waals surface area contributed by atoms with E-state index in [0.29, 0.717) is 6.61 Å². The largest absolute Gasteiger partial charge is 0.377 e. The summed E-state index contributed by atoms with van der Waals surface area (Å²) in [7, 11) is -3.74. The van der Waals surface area contributed by atoms with E-state index in [1.807, 2.05) is 0 Å². The number of benzene rings is 2. The molecule has 1 fully saturated rings. The van der Waals surface area contributed by atoms with Gasteiger partial charge in [-0.05, 0) is 49.2 Å². The van der Waals surface area contributed by atoms with Gasteiger partial charge >= 0.3 is 0 Å². The summed E-state index contributed by atoms with van der Waals surface area (Å²) >= 11 is 0. The minimum Gasteiger partial charge on any atom is -0.377 e. The topological polar surface area (TPSA) is 114 Å². The van der Waals surface area contributed by atoms with E-state index in [0.717, 1.165) is 25.0 Å². The number of carbonyl (C=O) groups is 2. The molecule has 11 heteroatoms. The van der Waals surface area contributed by atoms with Crippen molar-refractivity contribution in [3.05, 3.63) is 59.7 Å². The Hall–Kier alpha value is -2.89. The van der Waals surface area contributed by atoms with Crippen LogP contribution in [0, 0.1) is 11.6 Å². The standard InChI is InChI=1S/C20H21F2N3O5S/c21-17-8-5-14(10-18(17)22)25-19(26)12-23-20(27)13-3-6-16(7-4-13)31(28,29)24-11-15-2-1-9-30-15/h3-8,10,15,24H,1-2,9,11-12H2,(H,23,27)(H,25,26). The van der Waals surface area contributed by atoms with Gasteiger partial charge in [0.15, 0.2) is 11.6 Å². The molecule has 0 aliphatic carbocycles. The van der Waals surface area contributed by atoms with E-state index in [1.165, 1.54) is 30.3 Å². The Morgan fingerprint density at radius 3 is 2.45 bits per heavy atom. The molecule has 1 aliphatic heterocycles. The minimum absolute atomic E-state index is 0.00173. The smallest absolute Gasteiger partial charge is 0.251 e. The molecule has 1 saturated heterocycles. The number of ether oxygens (including phenoxy) is 1. The first kappa shape index (κ1) is 22.8. The third-order valence-electron chi connectivity index (χ3n) is 4.56. The molecular formula is C20H21F2N3O5S. The summed E-state index contributed by atoms with van der Waals surface area (Å²) in [4.78, 5) is 24.0. The van der Waals surface area contributed by atoms with Crippen LogP contribution in [0.1, 0.15) is 23.2 Å². The van der Waals surface area contributed by atoms with Crippen molar-refractivity contribution in [1.82, 2.24) is 10.0 Å². The number of nitrogens with one attached hydrogen (secondary N) is 3. The van der Waals surface area contributed by atoms with E-state index in [2.05, 4.69) is 15.4 Å². The van der Waals surface area contributed by atoms with Crippen molar-refractivity contribution in [1.29, 1.82) is 0 Å². The number of rotatable bonds is 8. The summed E-state index contributed by atoms with van der Waals surface area (Å²) in [5, 5.41) is 4.69. The van der Waals surface area contributed by atoms with Crippen LogP contribution in [0.25, 0.3) is 0 Å². The van der Waals surface area contributed by atoms with Gasteiger partial charge < -0.3 is 15.4 Å². The maximum Gasteiger partial charge on any atom is 0.251 e. The lowest BCUT2D eigenvalue weighted by molar-refractivity contribution is -0.115. The second kappa shape index (κ2) is 9.94. The van der Waals surface area contributed by atoms with Crippen LogP contribution in [0.15, 0.2) is 47.4 Å². The van der Waals surface area contributed by atoms with E-state index in [9.17, 15) is 26.8 Å². The van der Waals surface area contributed by atoms with E-state index in [4.69, 9.17) is 4.74 Å². The lowest BCUT2D eigenvalue weighted by Gasteiger charge is -2.12. The zero-order valence-corrected chi connectivity index (χ0v) is 17.2. The molecule has 3 rings (SSSR count). The van der Waals surface area contributed by atoms with Crippen LogP contribution in [-0.2, 0) is 19.6 Å². The Labute approximate surface area is 178 Å². The van der Waals surface area contributed by atoms with Crippen molar-refractivity contribution in [2.45, 2.75) is 23.8 Å². The second-order valence-corrected chi connectivity index (χ2v) is 8.64. The highest BCUT2D eigenvalue weighted by atomic mass is 32.2. The molecule has 2 amide bonds. The first-order chi connectivity index (χ1) is 14.7. The molecule has 0 saturated carbocycles. The molecule has 166 valence electrons. The van der Waals surface area contributed by atoms with Crippen LogP contribution < -0.4 is 15.4 Å². The maximum absolute atomic E-state index is 13.2. The monoisotopic (exact) mass is 453 g/mol. The van der Waals surface area contributed by atoms with Crippen molar-refractivity contribution in [2.24, 2.45) is 0 Å². The number of carbonyl (C=O) groups excluding carboxylic acids is 2. The number of hydrogen-bond donors (Lipinski definition) is 3. The van der Waals surface area contributed by atoms with Crippen LogP contribution >= 0.6 is 0 Å². The zero-order chi connectivity index (χ0) is 22.4. The molecule has 2 aromatic carbocycles. The predicted octanol–water partition coefficient (Wildman–Crippen LogP) is 1.79. The Kier molecular flexibility index (Phi) is 7.31. The molecule has 2 aromatic rings. The SMILES string of the molecule is O=C(CNC(=O)c1ccc(S(=O)(=O)NCC2CCCO2)cc1)Nc1ccc(F)c(F)c1. The van der Waals surface area contributed by atoms with Gasteiger partial charge in [-0.2, -0.15) is 0 Å². The highest BCUT2D eigenvalue weighted by Gasteiger charge is 2.20. The molecule has 0 radical (unpaired) electrons. The van der Waals surface area contributed by atoms with Gasteiger partial charge in [-0.3, -0.25) is 9.59 Å². The van der Waals surface area contributed by atoms with Gasteiger partial charge in [0.1, 0.15) is 0 Å². The molecule has 3 N–H and O–H groups in total. The molecule has 0 spiro atoms. The van der Waals surface area contributed by atoms with E-state index in [-0.39, 0.29) is 28.8 Å². The van der Waals surface area contributed by atoms with Crippen molar-refractivity contribution in [2.75, 3.05) is 25.0 Å². The van der Waals surface area contributed by atoms with Gasteiger partial charge in [-0.25, -0.2) is 21.9 Å². The minimum atomic E-state index is -3.74. The Morgan fingerprint density at radius 1 is 1.06 bits per heavy atom. The number of anilines is 1. The number of halogens is 2. The average molecular weight is 453 g/mol. The summed E-state index contributed by atoms with van der Waals surface area (Å²) in [6.45, 7) is 0.382. The third-order valence-corrected chi connectivity index (χ3v) is 6.00. The lowest BCUT2D eigenvalue weighted by atomic mass is 10.2. The molecule has 1 aliphatic rings. The van der Waals surface area contributed by atoms with Gasteiger partial charge in [0.05, 0.1) is 17.5 Å². The first-order valence-electron chi connectivity index (χ1n) is 9.49. The highest BCUT2D eigenvalue weighted by Crippen LogP contribution is 2.15. The summed E-state index contributed by atoms with van der Waals surface area (Å²) in [5.74, 6) is -3.39. The summed E-state index contributed by atoms with van der Waals surface area (Å²) in [6.07, 6.45) is 1.55. The Balaban J connectivity index is 1.51. The lowest BCUT2D eigenvalue weighted by Crippen LogP contribution is -2.33. The fourth-order valence-electron chi connectivity index (χ4n) is 2.92. The fraction of sp³-hybridized carbons (Fsp3) is 0.300. The zero-order valence-electron chi connectivity index (χ0n) is 16.4. The fourth-order valence-corrected chi connectivity index (χ4v) is 3.98. The number of sulfonamides is 1. The van der Waals surface area contributed by atoms with Crippen LogP contribution in [0.5, 0.6) is 0 Å². The summed E-state index contributed by atoms with van der Waals surface area (Å²) < 4.78 is 58.6. The van der Waals surface area contributed by atoms with Crippen LogP contribution in [0.3, 0.4) is 0 Å². The number of amides is 2. The van der Waals surface area contributed by atoms with E-state index in [1.54, 1.807) is 0 Å². The third kappa shape index (κ3) is 6.29. The van der Waals surface area contributed by atoms with Gasteiger partial charge in [0.25, 0.3) is 5.91 Å². The summed E-state index contributed by atoms with van der Waals surface area (Å²) in [6, 6.07) is 8.09. The molecular weight excluding hydrogens is 432 g/mol. The van der Waals surface area contributed by atoms with Crippen molar-refractivity contribution in [3.63, 3.8) is 0 Å². The van der Waals surface area contributed by atoms with Gasteiger partial charge in [-0.1, -0.05) is 0 Å². The Bertz CT molecular complexity index is 1050. The molecule has 1 atom stereocenters. The maximum atomic E-state index is 13.2. The second-order valence-electron chi connectivity index (χ2n) is 6.87. The quantitative estimate of drug-likeness (QED) is 0.564. The molecule has 1 heterocycles. The van der Waals surface area contributed by atoms with Crippen LogP contribution in [0.2, 0.25) is 0 Å². The van der Waals surface area contributed by atoms with E-state index < -0.39 is 40.0 Å². The highest BCUT2D eigenvalue weighted by molar-refractivity contribution is 7.89. The van der Waals surface area contributed by atoms with Crippen molar-refractivity contribution < 1.29 is 31.5 Å². The van der Waals surface area contributed by atoms with Crippen LogP contribution in [0.4, 0.5) is 14.5 Å². The van der Waals surface area contributed by atoms with Crippen LogP contribution in [-0.4, -0.2) is 46.0 Å². The molecule has 31 heavy (non-hydrogen) atoms. The van der Waals surface area contributed by atoms with Crippen molar-refractivity contribution >= 4 is 27.5 Å². The van der Waals surface area contributed by atoms with Gasteiger partial charge in [0, 0.05) is 30.5 Å². The average Bonchev–Trinajstić information content (AvgIpc) is 3.27. The Morgan fingerprint density at radius 2 is 1.81 bits per heavy atom. The van der Waals surface area contributed by atoms with Crippen molar-refractivity contribution in [3.8, 4) is 0 Å². The van der Waals surface area contributed by atoms with Gasteiger partial charge in [-0.15, -0.1) is 0 Å². The predicted molar refractivity (Wildman–Crippen MR) is 108 cm³/mol. The van der Waals surface area contributed by atoms with Gasteiger partial charge in [0.2, 0.25) is 15.9 Å². The normalized spacial score (nSPS) is 16.1. The number of hydrogen-bond acceptors (Lipinski definition) is 5. The summed E-state index contributed by atoms with van der Waals surface area (Å²) in [5.41, 5.74) is 0.196. The molecule has 1 unspecified atom stereocenters. The molecule has 0 aromatic heterocycles. The first-order valence-corrected chi connectivity index (χ1v) is 11.0. The molecule has 8 nitrogen and oxygen atoms in total. The van der Waals surface area contributed by atoms with E-state index >= 15 is 0 Å².